The average Bonchev–Trinajstić information content (AvgIpc) is 3.11. The number of ether oxygens (including phenoxy) is 2. The van der Waals surface area contributed by atoms with Gasteiger partial charge in [0.25, 0.3) is 11.7 Å². The van der Waals surface area contributed by atoms with Gasteiger partial charge in [-0.05, 0) is 61.0 Å². The van der Waals surface area contributed by atoms with Gasteiger partial charge >= 0.3 is 0 Å². The van der Waals surface area contributed by atoms with E-state index in [1.54, 1.807) is 25.1 Å². The molecule has 0 radical (unpaired) electrons. The zero-order valence-corrected chi connectivity index (χ0v) is 19.5. The number of nitrogens with zero attached hydrogens (tertiary/aromatic N) is 1. The van der Waals surface area contributed by atoms with Gasteiger partial charge in [0.15, 0.2) is 23.1 Å². The Morgan fingerprint density at radius 3 is 2.34 bits per heavy atom. The number of aliphatic hydroxyl groups excluding tert-OH is 1. The molecule has 35 heavy (non-hydrogen) atoms. The molecule has 0 saturated carbocycles. The standard InChI is InChI=1S/C26H20ClF2NO5/c1-3-35-21-12-15(6-11-20(21)34-2)23-22(24(31)14-4-7-16(27)8-5-14)25(32)26(33)30(23)17-9-10-18(28)19(29)13-17/h4-13,23,31H,3H2,1-2H3/b24-22+. The van der Waals surface area contributed by atoms with E-state index in [2.05, 4.69) is 0 Å². The minimum Gasteiger partial charge on any atom is -0.507 e. The molecule has 1 unspecified atom stereocenters. The van der Waals surface area contributed by atoms with Crippen molar-refractivity contribution < 1.29 is 33.0 Å². The first kappa shape index (κ1) is 24.2. The summed E-state index contributed by atoms with van der Waals surface area (Å²) in [5.74, 6) is -3.97. The molecule has 0 spiro atoms. The number of Topliss-reactive ketones (excluding diaryl/α,β-unsaturated/α-hetero) is 1. The molecule has 1 N–H and O–H groups in total. The van der Waals surface area contributed by atoms with Crippen molar-refractivity contribution in [2.75, 3.05) is 18.6 Å². The number of benzene rings is 3. The highest BCUT2D eigenvalue weighted by Gasteiger charge is 2.47. The fraction of sp³-hybridized carbons (Fsp3) is 0.154. The van der Waals surface area contributed by atoms with Gasteiger partial charge in [0.1, 0.15) is 5.76 Å². The van der Waals surface area contributed by atoms with E-state index >= 15 is 0 Å². The fourth-order valence-corrected chi connectivity index (χ4v) is 4.07. The first-order chi connectivity index (χ1) is 16.8. The van der Waals surface area contributed by atoms with Crippen LogP contribution >= 0.6 is 11.6 Å². The number of hydrogen-bond donors (Lipinski definition) is 1. The molecule has 3 aromatic carbocycles. The highest BCUT2D eigenvalue weighted by atomic mass is 35.5. The van der Waals surface area contributed by atoms with E-state index in [0.29, 0.717) is 28.7 Å². The molecule has 0 aromatic heterocycles. The van der Waals surface area contributed by atoms with Crippen molar-refractivity contribution in [3.63, 3.8) is 0 Å². The minimum atomic E-state index is -1.19. The Morgan fingerprint density at radius 1 is 1.00 bits per heavy atom. The molecular formula is C26H20ClF2NO5. The van der Waals surface area contributed by atoms with E-state index in [1.165, 1.54) is 37.4 Å². The van der Waals surface area contributed by atoms with Gasteiger partial charge < -0.3 is 14.6 Å². The van der Waals surface area contributed by atoms with Crippen LogP contribution in [0.3, 0.4) is 0 Å². The van der Waals surface area contributed by atoms with Crippen LogP contribution in [-0.4, -0.2) is 30.5 Å². The maximum Gasteiger partial charge on any atom is 0.300 e. The molecule has 1 amide bonds. The zero-order chi connectivity index (χ0) is 25.3. The number of anilines is 1. The second kappa shape index (κ2) is 9.76. The van der Waals surface area contributed by atoms with E-state index in [0.717, 1.165) is 17.0 Å². The van der Waals surface area contributed by atoms with Gasteiger partial charge in [-0.2, -0.15) is 0 Å². The van der Waals surface area contributed by atoms with Crippen LogP contribution in [0.2, 0.25) is 5.02 Å². The Morgan fingerprint density at radius 2 is 1.71 bits per heavy atom. The van der Waals surface area contributed by atoms with E-state index < -0.39 is 35.1 Å². The number of ketones is 1. The second-order valence-electron chi connectivity index (χ2n) is 7.62. The summed E-state index contributed by atoms with van der Waals surface area (Å²) in [4.78, 5) is 27.4. The lowest BCUT2D eigenvalue weighted by molar-refractivity contribution is -0.132. The number of carbonyl (C=O) groups is 2. The van der Waals surface area contributed by atoms with Gasteiger partial charge in [0.2, 0.25) is 0 Å². The lowest BCUT2D eigenvalue weighted by atomic mass is 9.94. The number of hydrogen-bond acceptors (Lipinski definition) is 5. The lowest BCUT2D eigenvalue weighted by Crippen LogP contribution is -2.29. The summed E-state index contributed by atoms with van der Waals surface area (Å²) in [5, 5.41) is 11.5. The van der Waals surface area contributed by atoms with Gasteiger partial charge in [-0.3, -0.25) is 14.5 Å². The Labute approximate surface area is 205 Å². The maximum absolute atomic E-state index is 14.1. The topological polar surface area (TPSA) is 76.1 Å². The maximum atomic E-state index is 14.1. The number of halogens is 3. The second-order valence-corrected chi connectivity index (χ2v) is 8.05. The van der Waals surface area contributed by atoms with Crippen molar-refractivity contribution >= 4 is 34.7 Å². The third-order valence-corrected chi connectivity index (χ3v) is 5.80. The van der Waals surface area contributed by atoms with Gasteiger partial charge in [0, 0.05) is 22.3 Å². The van der Waals surface area contributed by atoms with Crippen LogP contribution in [0.4, 0.5) is 14.5 Å². The van der Waals surface area contributed by atoms with Crippen molar-refractivity contribution in [3.8, 4) is 11.5 Å². The Kier molecular flexibility index (Phi) is 6.75. The van der Waals surface area contributed by atoms with E-state index in [1.807, 2.05) is 0 Å². The van der Waals surface area contributed by atoms with Gasteiger partial charge in [-0.15, -0.1) is 0 Å². The Hall–Kier alpha value is -3.91. The molecule has 9 heteroatoms. The summed E-state index contributed by atoms with van der Waals surface area (Å²) in [6.07, 6.45) is 0. The molecule has 1 heterocycles. The van der Waals surface area contributed by atoms with Crippen molar-refractivity contribution in [1.82, 2.24) is 0 Å². The van der Waals surface area contributed by atoms with E-state index in [9.17, 15) is 23.5 Å². The number of rotatable bonds is 6. The molecule has 1 aliphatic heterocycles. The predicted octanol–water partition coefficient (Wildman–Crippen LogP) is 5.65. The number of aliphatic hydroxyl groups is 1. The van der Waals surface area contributed by atoms with Crippen molar-refractivity contribution in [1.29, 1.82) is 0 Å². The molecule has 1 saturated heterocycles. The monoisotopic (exact) mass is 499 g/mol. The molecule has 0 aliphatic carbocycles. The molecule has 3 aromatic rings. The quantitative estimate of drug-likeness (QED) is 0.269. The smallest absolute Gasteiger partial charge is 0.300 e. The SMILES string of the molecule is CCOc1cc(C2/C(=C(\O)c3ccc(Cl)cc3)C(=O)C(=O)N2c2ccc(F)c(F)c2)ccc1OC. The number of carbonyl (C=O) groups excluding carboxylic acids is 2. The van der Waals surface area contributed by atoms with Crippen molar-refractivity contribution in [2.45, 2.75) is 13.0 Å². The van der Waals surface area contributed by atoms with Gasteiger partial charge in [-0.1, -0.05) is 17.7 Å². The summed E-state index contributed by atoms with van der Waals surface area (Å²) in [6.45, 7) is 2.09. The van der Waals surface area contributed by atoms with Crippen molar-refractivity contribution in [2.24, 2.45) is 0 Å². The molecule has 0 bridgehead atoms. The first-order valence-electron chi connectivity index (χ1n) is 10.6. The molecule has 180 valence electrons. The molecule has 4 rings (SSSR count). The van der Waals surface area contributed by atoms with Crippen LogP contribution in [0.15, 0.2) is 66.2 Å². The Bertz CT molecular complexity index is 1340. The lowest BCUT2D eigenvalue weighted by Gasteiger charge is -2.26. The first-order valence-corrected chi connectivity index (χ1v) is 11.0. The zero-order valence-electron chi connectivity index (χ0n) is 18.7. The normalized spacial score (nSPS) is 17.1. The number of methoxy groups -OCH3 is 1. The summed E-state index contributed by atoms with van der Waals surface area (Å²) < 4.78 is 38.7. The van der Waals surface area contributed by atoms with Gasteiger partial charge in [0.05, 0.1) is 25.3 Å². The van der Waals surface area contributed by atoms with Crippen LogP contribution < -0.4 is 14.4 Å². The molecule has 6 nitrogen and oxygen atoms in total. The van der Waals surface area contributed by atoms with Crippen LogP contribution in [0.25, 0.3) is 5.76 Å². The molecular weight excluding hydrogens is 480 g/mol. The average molecular weight is 500 g/mol. The summed E-state index contributed by atoms with van der Waals surface area (Å²) >= 11 is 5.94. The fourth-order valence-electron chi connectivity index (χ4n) is 3.94. The highest BCUT2D eigenvalue weighted by Crippen LogP contribution is 2.44. The third kappa shape index (κ3) is 4.44. The van der Waals surface area contributed by atoms with Crippen LogP contribution in [0, 0.1) is 11.6 Å². The summed E-state index contributed by atoms with van der Waals surface area (Å²) in [6, 6.07) is 12.5. The van der Waals surface area contributed by atoms with Crippen LogP contribution in [0.5, 0.6) is 11.5 Å². The highest BCUT2D eigenvalue weighted by molar-refractivity contribution is 6.51. The number of amides is 1. The van der Waals surface area contributed by atoms with Crippen LogP contribution in [-0.2, 0) is 9.59 Å². The van der Waals surface area contributed by atoms with Gasteiger partial charge in [-0.25, -0.2) is 8.78 Å². The molecule has 1 aliphatic rings. The largest absolute Gasteiger partial charge is 0.507 e. The molecule has 1 fully saturated rings. The Balaban J connectivity index is 1.97. The van der Waals surface area contributed by atoms with Crippen LogP contribution in [0.1, 0.15) is 24.1 Å². The third-order valence-electron chi connectivity index (χ3n) is 5.55. The molecule has 1 atom stereocenters. The van der Waals surface area contributed by atoms with E-state index in [-0.39, 0.29) is 16.8 Å². The minimum absolute atomic E-state index is 0.0556. The van der Waals surface area contributed by atoms with E-state index in [4.69, 9.17) is 21.1 Å². The van der Waals surface area contributed by atoms with Crippen molar-refractivity contribution in [3.05, 3.63) is 94.0 Å². The summed E-state index contributed by atoms with van der Waals surface area (Å²) in [7, 11) is 1.46. The summed E-state index contributed by atoms with van der Waals surface area (Å²) in [5.41, 5.74) is 0.351. The predicted molar refractivity (Wildman–Crippen MR) is 127 cm³/mol.